The van der Waals surface area contributed by atoms with E-state index in [1.165, 1.54) is 12.8 Å². The van der Waals surface area contributed by atoms with Gasteiger partial charge in [-0.15, -0.1) is 0 Å². The third-order valence-corrected chi connectivity index (χ3v) is 4.64. The highest BCUT2D eigenvalue weighted by Gasteiger charge is 2.28. The quantitative estimate of drug-likeness (QED) is 0.837. The van der Waals surface area contributed by atoms with Gasteiger partial charge in [-0.25, -0.2) is 4.98 Å². The summed E-state index contributed by atoms with van der Waals surface area (Å²) in [5, 5.41) is 0. The van der Waals surface area contributed by atoms with E-state index in [4.69, 9.17) is 0 Å². The number of anilines is 1. The van der Waals surface area contributed by atoms with Crippen LogP contribution in [0, 0.1) is 5.41 Å². The predicted molar refractivity (Wildman–Crippen MR) is 90.9 cm³/mol. The van der Waals surface area contributed by atoms with Crippen molar-refractivity contribution in [3.63, 3.8) is 0 Å². The topological polar surface area (TPSA) is 36.4 Å². The van der Waals surface area contributed by atoms with Crippen molar-refractivity contribution >= 4 is 11.7 Å². The van der Waals surface area contributed by atoms with E-state index in [9.17, 15) is 4.79 Å². The second-order valence-corrected chi connectivity index (χ2v) is 7.12. The normalized spacial score (nSPS) is 19.6. The van der Waals surface area contributed by atoms with Gasteiger partial charge in [0.05, 0.1) is 0 Å². The number of amides is 1. The lowest BCUT2D eigenvalue weighted by atomic mass is 9.82. The van der Waals surface area contributed by atoms with Crippen molar-refractivity contribution in [3.8, 4) is 0 Å². The van der Waals surface area contributed by atoms with Crippen molar-refractivity contribution in [3.05, 3.63) is 24.4 Å². The molecule has 122 valence electrons. The molecule has 1 aliphatic rings. The van der Waals surface area contributed by atoms with E-state index in [1.54, 1.807) is 6.20 Å². The van der Waals surface area contributed by atoms with Crippen molar-refractivity contribution in [1.82, 2.24) is 9.88 Å². The molecule has 0 spiro atoms. The molecule has 0 bridgehead atoms. The second kappa shape index (κ2) is 7.23. The summed E-state index contributed by atoms with van der Waals surface area (Å²) in [5.41, 5.74) is 0.458. The summed E-state index contributed by atoms with van der Waals surface area (Å²) in [6, 6.07) is 5.89. The monoisotopic (exact) mass is 303 g/mol. The zero-order valence-electron chi connectivity index (χ0n) is 14.4. The van der Waals surface area contributed by atoms with Gasteiger partial charge in [0.15, 0.2) is 0 Å². The molecule has 1 fully saturated rings. The summed E-state index contributed by atoms with van der Waals surface area (Å²) in [6.45, 7) is 11.9. The van der Waals surface area contributed by atoms with Gasteiger partial charge in [0.25, 0.3) is 0 Å². The molecule has 1 saturated heterocycles. The van der Waals surface area contributed by atoms with Gasteiger partial charge in [0, 0.05) is 25.2 Å². The van der Waals surface area contributed by atoms with Crippen molar-refractivity contribution in [1.29, 1.82) is 0 Å². The summed E-state index contributed by atoms with van der Waals surface area (Å²) in [6.07, 6.45) is 4.71. The zero-order valence-corrected chi connectivity index (χ0v) is 14.4. The summed E-state index contributed by atoms with van der Waals surface area (Å²) in [5.74, 6) is 0.905. The minimum Gasteiger partial charge on any atom is -0.301 e. The first kappa shape index (κ1) is 16.9. The minimum atomic E-state index is 0.142. The highest BCUT2D eigenvalue weighted by molar-refractivity contribution is 5.92. The summed E-state index contributed by atoms with van der Waals surface area (Å²) < 4.78 is 0. The maximum atomic E-state index is 12.4. The van der Waals surface area contributed by atoms with Gasteiger partial charge in [-0.2, -0.15) is 0 Å². The van der Waals surface area contributed by atoms with Gasteiger partial charge in [0.1, 0.15) is 5.82 Å². The first-order valence-electron chi connectivity index (χ1n) is 8.38. The molecule has 1 aromatic rings. The average Bonchev–Trinajstić information content (AvgIpc) is 2.50. The SMILES string of the molecule is CCC(=O)N(c1ccccn1)C(C)CN1CCC(C)(C)CC1. The molecule has 22 heavy (non-hydrogen) atoms. The van der Waals surface area contributed by atoms with Crippen molar-refractivity contribution in [2.24, 2.45) is 5.41 Å². The Morgan fingerprint density at radius 1 is 1.36 bits per heavy atom. The van der Waals surface area contributed by atoms with Crippen molar-refractivity contribution < 1.29 is 4.79 Å². The number of carbonyl (C=O) groups is 1. The molecule has 0 N–H and O–H groups in total. The zero-order chi connectivity index (χ0) is 16.2. The molecule has 4 nitrogen and oxygen atoms in total. The van der Waals surface area contributed by atoms with Crippen LogP contribution in [0.5, 0.6) is 0 Å². The number of carbonyl (C=O) groups excluding carboxylic acids is 1. The maximum absolute atomic E-state index is 12.4. The van der Waals surface area contributed by atoms with E-state index in [2.05, 4.69) is 30.7 Å². The highest BCUT2D eigenvalue weighted by atomic mass is 16.2. The number of rotatable bonds is 5. The molecule has 4 heteroatoms. The van der Waals surface area contributed by atoms with Gasteiger partial charge in [0.2, 0.25) is 5.91 Å². The number of hydrogen-bond acceptors (Lipinski definition) is 3. The van der Waals surface area contributed by atoms with Crippen LogP contribution in [0.2, 0.25) is 0 Å². The molecule has 0 radical (unpaired) electrons. The second-order valence-electron chi connectivity index (χ2n) is 7.12. The van der Waals surface area contributed by atoms with Crippen LogP contribution in [0.25, 0.3) is 0 Å². The minimum absolute atomic E-state index is 0.142. The lowest BCUT2D eigenvalue weighted by Gasteiger charge is -2.39. The van der Waals surface area contributed by atoms with Crippen LogP contribution in [0.4, 0.5) is 5.82 Å². The van der Waals surface area contributed by atoms with Crippen molar-refractivity contribution in [2.45, 2.75) is 53.0 Å². The lowest BCUT2D eigenvalue weighted by molar-refractivity contribution is -0.118. The molecular weight excluding hydrogens is 274 g/mol. The van der Waals surface area contributed by atoms with E-state index in [0.717, 1.165) is 25.5 Å². The first-order chi connectivity index (χ1) is 10.4. The Balaban J connectivity index is 2.04. The van der Waals surface area contributed by atoms with Crippen LogP contribution in [0.15, 0.2) is 24.4 Å². The van der Waals surface area contributed by atoms with Gasteiger partial charge in [-0.1, -0.05) is 26.8 Å². The Kier molecular flexibility index (Phi) is 5.57. The van der Waals surface area contributed by atoms with Gasteiger partial charge in [-0.3, -0.25) is 9.69 Å². The van der Waals surface area contributed by atoms with E-state index in [-0.39, 0.29) is 11.9 Å². The van der Waals surface area contributed by atoms with E-state index >= 15 is 0 Å². The Hall–Kier alpha value is -1.42. The fourth-order valence-electron chi connectivity index (χ4n) is 3.06. The Morgan fingerprint density at radius 3 is 2.59 bits per heavy atom. The van der Waals surface area contributed by atoms with Crippen LogP contribution in [0.1, 0.15) is 47.0 Å². The standard InChI is InChI=1S/C18H29N3O/c1-5-17(22)21(16-8-6-7-11-19-16)15(2)14-20-12-9-18(3,4)10-13-20/h6-8,11,15H,5,9-10,12-14H2,1-4H3. The summed E-state index contributed by atoms with van der Waals surface area (Å²) in [7, 11) is 0. The van der Waals surface area contributed by atoms with Crippen LogP contribution < -0.4 is 4.90 Å². The number of aromatic nitrogens is 1. The molecule has 1 unspecified atom stereocenters. The highest BCUT2D eigenvalue weighted by Crippen LogP contribution is 2.30. The molecule has 0 aromatic carbocycles. The smallest absolute Gasteiger partial charge is 0.228 e. The largest absolute Gasteiger partial charge is 0.301 e. The van der Waals surface area contributed by atoms with Gasteiger partial charge < -0.3 is 4.90 Å². The van der Waals surface area contributed by atoms with E-state index in [0.29, 0.717) is 11.8 Å². The molecule has 2 rings (SSSR count). The molecule has 1 aliphatic heterocycles. The summed E-state index contributed by atoms with van der Waals surface area (Å²) in [4.78, 5) is 21.1. The van der Waals surface area contributed by atoms with Crippen LogP contribution >= 0.6 is 0 Å². The van der Waals surface area contributed by atoms with Gasteiger partial charge in [-0.05, 0) is 50.4 Å². The number of piperidine rings is 1. The molecule has 0 saturated carbocycles. The Morgan fingerprint density at radius 2 is 2.05 bits per heavy atom. The Labute approximate surface area is 134 Å². The third-order valence-electron chi connectivity index (χ3n) is 4.64. The first-order valence-corrected chi connectivity index (χ1v) is 8.38. The molecule has 1 aromatic heterocycles. The maximum Gasteiger partial charge on any atom is 0.228 e. The fourth-order valence-corrected chi connectivity index (χ4v) is 3.06. The van der Waals surface area contributed by atoms with Gasteiger partial charge >= 0.3 is 0 Å². The van der Waals surface area contributed by atoms with Crippen LogP contribution in [-0.2, 0) is 4.79 Å². The molecular formula is C18H29N3O. The molecule has 1 amide bonds. The summed E-state index contributed by atoms with van der Waals surface area (Å²) >= 11 is 0. The van der Waals surface area contributed by atoms with Crippen LogP contribution in [0.3, 0.4) is 0 Å². The number of likely N-dealkylation sites (tertiary alicyclic amines) is 1. The lowest BCUT2D eigenvalue weighted by Crippen LogP contribution is -2.48. The molecule has 0 aliphatic carbocycles. The molecule has 2 heterocycles. The fraction of sp³-hybridized carbons (Fsp3) is 0.667. The van der Waals surface area contributed by atoms with Crippen LogP contribution in [-0.4, -0.2) is 41.5 Å². The average molecular weight is 303 g/mol. The number of nitrogens with zero attached hydrogens (tertiary/aromatic N) is 3. The van der Waals surface area contributed by atoms with E-state index in [1.807, 2.05) is 30.0 Å². The molecule has 1 atom stereocenters. The number of hydrogen-bond donors (Lipinski definition) is 0. The number of pyridine rings is 1. The third kappa shape index (κ3) is 4.29. The van der Waals surface area contributed by atoms with Crippen molar-refractivity contribution in [2.75, 3.05) is 24.5 Å². The Bertz CT molecular complexity index is 476. The predicted octanol–water partition coefficient (Wildman–Crippen LogP) is 3.34. The van der Waals surface area contributed by atoms with E-state index < -0.39 is 0 Å².